The zero-order valence-electron chi connectivity index (χ0n) is 17.6. The summed E-state index contributed by atoms with van der Waals surface area (Å²) in [6.07, 6.45) is 0. The summed E-state index contributed by atoms with van der Waals surface area (Å²) in [5, 5.41) is 18.6. The van der Waals surface area contributed by atoms with Crippen LogP contribution in [0.25, 0.3) is 16.8 Å². The van der Waals surface area contributed by atoms with Gasteiger partial charge < -0.3 is 4.74 Å². The SMILES string of the molecule is CC(C)c1nnn(-c2c(Cl)cccc2Cl)c1COc1ccc(-c2ccc(C#N)cc2)cc1. The van der Waals surface area contributed by atoms with Gasteiger partial charge in [0, 0.05) is 0 Å². The fraction of sp³-hybridized carbons (Fsp3) is 0.160. The van der Waals surface area contributed by atoms with Crippen molar-refractivity contribution in [3.63, 3.8) is 0 Å². The number of ether oxygens (including phenoxy) is 1. The first-order valence-electron chi connectivity index (χ1n) is 10.1. The third kappa shape index (κ3) is 4.47. The second kappa shape index (κ2) is 9.44. The van der Waals surface area contributed by atoms with Crippen molar-refractivity contribution in [2.45, 2.75) is 26.4 Å². The molecule has 0 atom stereocenters. The molecule has 0 bridgehead atoms. The number of hydrogen-bond donors (Lipinski definition) is 0. The molecule has 0 radical (unpaired) electrons. The lowest BCUT2D eigenvalue weighted by atomic mass is 10.0. The van der Waals surface area contributed by atoms with Crippen LogP contribution in [0.15, 0.2) is 66.7 Å². The van der Waals surface area contributed by atoms with Gasteiger partial charge in [0.2, 0.25) is 0 Å². The molecule has 4 aromatic rings. The molecule has 5 nitrogen and oxygen atoms in total. The molecule has 3 aromatic carbocycles. The highest BCUT2D eigenvalue weighted by atomic mass is 35.5. The molecule has 0 N–H and O–H groups in total. The number of para-hydroxylation sites is 1. The molecule has 0 spiro atoms. The first-order valence-corrected chi connectivity index (χ1v) is 10.9. The Hall–Kier alpha value is -3.33. The normalized spacial score (nSPS) is 10.9. The topological polar surface area (TPSA) is 63.7 Å². The molecule has 7 heteroatoms. The Morgan fingerprint density at radius 2 is 1.53 bits per heavy atom. The fourth-order valence-corrected chi connectivity index (χ4v) is 3.96. The van der Waals surface area contributed by atoms with Crippen LogP contribution >= 0.6 is 23.2 Å². The highest BCUT2D eigenvalue weighted by Crippen LogP contribution is 2.31. The van der Waals surface area contributed by atoms with Crippen molar-refractivity contribution < 1.29 is 4.74 Å². The van der Waals surface area contributed by atoms with Crippen molar-refractivity contribution in [3.05, 3.63) is 93.7 Å². The van der Waals surface area contributed by atoms with Gasteiger partial charge in [0.1, 0.15) is 23.7 Å². The predicted molar refractivity (Wildman–Crippen MR) is 126 cm³/mol. The van der Waals surface area contributed by atoms with Crippen LogP contribution in [0.2, 0.25) is 10.0 Å². The lowest BCUT2D eigenvalue weighted by Gasteiger charge is -2.13. The average molecular weight is 463 g/mol. The maximum absolute atomic E-state index is 8.96. The summed E-state index contributed by atoms with van der Waals surface area (Å²) in [7, 11) is 0. The average Bonchev–Trinajstić information content (AvgIpc) is 3.22. The summed E-state index contributed by atoms with van der Waals surface area (Å²) < 4.78 is 7.74. The van der Waals surface area contributed by atoms with Crippen LogP contribution in [-0.2, 0) is 6.61 Å². The van der Waals surface area contributed by atoms with Crippen LogP contribution in [0.3, 0.4) is 0 Å². The number of benzene rings is 3. The minimum absolute atomic E-state index is 0.155. The molecule has 0 fully saturated rings. The summed E-state index contributed by atoms with van der Waals surface area (Å²) in [6, 6.07) is 22.7. The van der Waals surface area contributed by atoms with Crippen LogP contribution in [-0.4, -0.2) is 15.0 Å². The quantitative estimate of drug-likeness (QED) is 0.315. The van der Waals surface area contributed by atoms with E-state index in [1.165, 1.54) is 0 Å². The molecule has 0 aliphatic heterocycles. The van der Waals surface area contributed by atoms with Crippen molar-refractivity contribution in [1.82, 2.24) is 15.0 Å². The van der Waals surface area contributed by atoms with Gasteiger partial charge in [0.25, 0.3) is 0 Å². The summed E-state index contributed by atoms with van der Waals surface area (Å²) in [6.45, 7) is 4.37. The maximum atomic E-state index is 8.96. The Labute approximate surface area is 196 Å². The van der Waals surface area contributed by atoms with Gasteiger partial charge >= 0.3 is 0 Å². The number of aromatic nitrogens is 3. The van der Waals surface area contributed by atoms with E-state index in [2.05, 4.69) is 30.2 Å². The highest BCUT2D eigenvalue weighted by molar-refractivity contribution is 6.37. The Morgan fingerprint density at radius 1 is 0.938 bits per heavy atom. The zero-order chi connectivity index (χ0) is 22.7. The van der Waals surface area contributed by atoms with E-state index >= 15 is 0 Å². The van der Waals surface area contributed by atoms with E-state index in [0.29, 0.717) is 21.3 Å². The van der Waals surface area contributed by atoms with Crippen molar-refractivity contribution in [3.8, 4) is 28.6 Å². The Kier molecular flexibility index (Phi) is 6.45. The van der Waals surface area contributed by atoms with Crippen molar-refractivity contribution in [2.24, 2.45) is 0 Å². The van der Waals surface area contributed by atoms with Crippen molar-refractivity contribution in [1.29, 1.82) is 5.26 Å². The summed E-state index contributed by atoms with van der Waals surface area (Å²) in [4.78, 5) is 0. The van der Waals surface area contributed by atoms with Gasteiger partial charge in [-0.1, -0.05) is 72.6 Å². The number of rotatable bonds is 6. The minimum atomic E-state index is 0.155. The molecule has 1 aromatic heterocycles. The zero-order valence-corrected chi connectivity index (χ0v) is 19.1. The Balaban J connectivity index is 1.58. The van der Waals surface area contributed by atoms with Gasteiger partial charge in [0.15, 0.2) is 0 Å². The summed E-state index contributed by atoms with van der Waals surface area (Å²) in [5.74, 6) is 0.873. The van der Waals surface area contributed by atoms with E-state index in [0.717, 1.165) is 28.3 Å². The van der Waals surface area contributed by atoms with E-state index in [1.54, 1.807) is 35.0 Å². The maximum Gasteiger partial charge on any atom is 0.132 e. The number of halogens is 2. The molecule has 0 amide bonds. The Morgan fingerprint density at radius 3 is 2.09 bits per heavy atom. The Bertz CT molecular complexity index is 1250. The molecule has 0 aliphatic rings. The van der Waals surface area contributed by atoms with Gasteiger partial charge in [-0.15, -0.1) is 5.10 Å². The third-order valence-corrected chi connectivity index (χ3v) is 5.68. The van der Waals surface area contributed by atoms with Crippen LogP contribution in [0.5, 0.6) is 5.75 Å². The van der Waals surface area contributed by atoms with Crippen molar-refractivity contribution in [2.75, 3.05) is 0 Å². The van der Waals surface area contributed by atoms with Gasteiger partial charge in [0.05, 0.1) is 27.4 Å². The van der Waals surface area contributed by atoms with Crippen LogP contribution in [0.4, 0.5) is 0 Å². The first-order chi connectivity index (χ1) is 15.5. The lowest BCUT2D eigenvalue weighted by Crippen LogP contribution is -2.09. The number of nitriles is 1. The van der Waals surface area contributed by atoms with Gasteiger partial charge in [-0.05, 0) is 53.4 Å². The van der Waals surface area contributed by atoms with Gasteiger partial charge in [-0.2, -0.15) is 5.26 Å². The summed E-state index contributed by atoms with van der Waals surface area (Å²) in [5.41, 5.74) is 4.93. The second-order valence-electron chi connectivity index (χ2n) is 7.56. The second-order valence-corrected chi connectivity index (χ2v) is 8.37. The third-order valence-electron chi connectivity index (χ3n) is 5.07. The van der Waals surface area contributed by atoms with Crippen molar-refractivity contribution >= 4 is 23.2 Å². The van der Waals surface area contributed by atoms with Gasteiger partial charge in [-0.3, -0.25) is 0 Å². The largest absolute Gasteiger partial charge is 0.487 e. The fourth-order valence-electron chi connectivity index (χ4n) is 3.40. The molecule has 160 valence electrons. The smallest absolute Gasteiger partial charge is 0.132 e. The number of hydrogen-bond acceptors (Lipinski definition) is 4. The highest BCUT2D eigenvalue weighted by Gasteiger charge is 2.20. The monoisotopic (exact) mass is 462 g/mol. The van der Waals surface area contributed by atoms with E-state index in [-0.39, 0.29) is 12.5 Å². The molecular formula is C25H20Cl2N4O. The molecule has 0 saturated carbocycles. The van der Waals surface area contributed by atoms with E-state index in [4.69, 9.17) is 33.2 Å². The van der Waals surface area contributed by atoms with E-state index in [1.807, 2.05) is 36.4 Å². The molecule has 1 heterocycles. The summed E-state index contributed by atoms with van der Waals surface area (Å²) >= 11 is 12.8. The van der Waals surface area contributed by atoms with Crippen LogP contribution in [0, 0.1) is 11.3 Å². The minimum Gasteiger partial charge on any atom is -0.487 e. The van der Waals surface area contributed by atoms with E-state index in [9.17, 15) is 0 Å². The lowest BCUT2D eigenvalue weighted by molar-refractivity contribution is 0.296. The molecule has 0 saturated heterocycles. The molecule has 0 aliphatic carbocycles. The van der Waals surface area contributed by atoms with Crippen LogP contribution in [0.1, 0.15) is 36.7 Å². The predicted octanol–water partition coefficient (Wildman–Crippen LogP) is 6.82. The molecule has 32 heavy (non-hydrogen) atoms. The molecule has 4 rings (SSSR count). The first kappa shape index (κ1) is 21.9. The number of nitrogens with zero attached hydrogens (tertiary/aromatic N) is 4. The van der Waals surface area contributed by atoms with E-state index < -0.39 is 0 Å². The van der Waals surface area contributed by atoms with Gasteiger partial charge in [-0.25, -0.2) is 4.68 Å². The molecule has 0 unspecified atom stereocenters. The standard InChI is InChI=1S/C25H20Cl2N4O/c1-16(2)24-23(31(30-29-24)25-21(26)4-3-5-22(25)27)15-32-20-12-10-19(11-13-20)18-8-6-17(14-28)7-9-18/h3-13,16H,15H2,1-2H3. The van der Waals surface area contributed by atoms with Crippen LogP contribution < -0.4 is 4.74 Å². The molecular weight excluding hydrogens is 443 g/mol.